The first-order valence-corrected chi connectivity index (χ1v) is 13.8. The standard InChI is InChI=1S/C18H35N3O2SSi/c1-18(2,3)25(6,7)17-19-16(13-15-11-9-8-10-12-15)14-21(17)24(22,23)20(4)5/h14-15H,8-13H2,1-7H3. The Bertz CT molecular complexity index is 696. The van der Waals surface area contributed by atoms with Gasteiger partial charge in [0, 0.05) is 20.3 Å². The number of imidazole rings is 1. The molecular weight excluding hydrogens is 350 g/mol. The molecule has 0 atom stereocenters. The summed E-state index contributed by atoms with van der Waals surface area (Å²) in [6.45, 7) is 11.0. The van der Waals surface area contributed by atoms with Gasteiger partial charge in [0.05, 0.1) is 5.69 Å². The van der Waals surface area contributed by atoms with Crippen LogP contribution in [0.5, 0.6) is 0 Å². The largest absolute Gasteiger partial charge is 0.308 e. The van der Waals surface area contributed by atoms with Crippen LogP contribution in [0.3, 0.4) is 0 Å². The third kappa shape index (κ3) is 4.19. The Hall–Kier alpha value is -0.663. The van der Waals surface area contributed by atoms with Gasteiger partial charge in [-0.3, -0.25) is 0 Å². The molecule has 1 saturated carbocycles. The van der Waals surface area contributed by atoms with E-state index < -0.39 is 18.3 Å². The molecule has 1 aromatic rings. The Morgan fingerprint density at radius 2 is 1.76 bits per heavy atom. The molecule has 0 spiro atoms. The number of aromatic nitrogens is 2. The van der Waals surface area contributed by atoms with Gasteiger partial charge in [-0.1, -0.05) is 66.0 Å². The molecule has 7 heteroatoms. The van der Waals surface area contributed by atoms with E-state index in [-0.39, 0.29) is 5.04 Å². The van der Waals surface area contributed by atoms with Gasteiger partial charge in [0.1, 0.15) is 13.5 Å². The number of hydrogen-bond donors (Lipinski definition) is 0. The maximum absolute atomic E-state index is 12.9. The average Bonchev–Trinajstić information content (AvgIpc) is 2.92. The average molecular weight is 386 g/mol. The topological polar surface area (TPSA) is 55.2 Å². The number of nitrogens with zero attached hydrogens (tertiary/aromatic N) is 3. The van der Waals surface area contributed by atoms with Crippen molar-refractivity contribution in [3.63, 3.8) is 0 Å². The van der Waals surface area contributed by atoms with E-state index in [1.54, 1.807) is 20.3 Å². The lowest BCUT2D eigenvalue weighted by Gasteiger charge is -2.36. The smallest absolute Gasteiger partial charge is 0.243 e. The fourth-order valence-corrected chi connectivity index (χ4v) is 6.90. The Morgan fingerprint density at radius 3 is 2.24 bits per heavy atom. The van der Waals surface area contributed by atoms with Crippen molar-refractivity contribution in [2.75, 3.05) is 14.1 Å². The van der Waals surface area contributed by atoms with Crippen molar-refractivity contribution < 1.29 is 8.42 Å². The highest BCUT2D eigenvalue weighted by Crippen LogP contribution is 2.36. The van der Waals surface area contributed by atoms with E-state index in [9.17, 15) is 8.42 Å². The maximum Gasteiger partial charge on any atom is 0.308 e. The Morgan fingerprint density at radius 1 is 1.20 bits per heavy atom. The third-order valence-electron chi connectivity index (χ3n) is 6.09. The van der Waals surface area contributed by atoms with Crippen LogP contribution in [0.1, 0.15) is 58.6 Å². The first kappa shape index (κ1) is 20.6. The molecule has 0 radical (unpaired) electrons. The zero-order valence-electron chi connectivity index (χ0n) is 17.0. The van der Waals surface area contributed by atoms with Crippen LogP contribution >= 0.6 is 0 Å². The molecule has 0 saturated heterocycles. The van der Waals surface area contributed by atoms with Crippen molar-refractivity contribution in [2.24, 2.45) is 5.92 Å². The summed E-state index contributed by atoms with van der Waals surface area (Å²) in [7, 11) is -2.45. The van der Waals surface area contributed by atoms with E-state index in [0.717, 1.165) is 17.6 Å². The van der Waals surface area contributed by atoms with E-state index in [4.69, 9.17) is 4.98 Å². The van der Waals surface area contributed by atoms with Gasteiger partial charge in [-0.15, -0.1) is 0 Å². The molecule has 1 heterocycles. The van der Waals surface area contributed by atoms with Crippen molar-refractivity contribution >= 4 is 23.7 Å². The van der Waals surface area contributed by atoms with Crippen LogP contribution < -0.4 is 5.45 Å². The summed E-state index contributed by atoms with van der Waals surface area (Å²) in [6.07, 6.45) is 9.07. The second-order valence-corrected chi connectivity index (χ2v) is 16.4. The van der Waals surface area contributed by atoms with Gasteiger partial charge in [0.25, 0.3) is 0 Å². The maximum atomic E-state index is 12.9. The van der Waals surface area contributed by atoms with E-state index in [1.165, 1.54) is 40.4 Å². The van der Waals surface area contributed by atoms with Crippen molar-refractivity contribution in [3.8, 4) is 0 Å². The molecule has 1 aromatic heterocycles. The molecule has 0 aromatic carbocycles. The SMILES string of the molecule is CN(C)S(=O)(=O)n1cc(CC2CCCCC2)nc1[Si](C)(C)C(C)(C)C. The number of hydrogen-bond acceptors (Lipinski definition) is 3. The van der Waals surface area contributed by atoms with Crippen molar-refractivity contribution in [3.05, 3.63) is 11.9 Å². The van der Waals surface area contributed by atoms with Crippen LogP contribution in [-0.2, 0) is 16.6 Å². The minimum atomic E-state index is -3.55. The van der Waals surface area contributed by atoms with Crippen LogP contribution in [0.4, 0.5) is 0 Å². The van der Waals surface area contributed by atoms with Gasteiger partial charge < -0.3 is 0 Å². The lowest BCUT2D eigenvalue weighted by molar-refractivity contribution is 0.354. The Kier molecular flexibility index (Phi) is 5.91. The molecule has 1 fully saturated rings. The quantitative estimate of drug-likeness (QED) is 0.730. The minimum Gasteiger partial charge on any atom is -0.243 e. The summed E-state index contributed by atoms with van der Waals surface area (Å²) in [5.74, 6) is 0.645. The van der Waals surface area contributed by atoms with Crippen molar-refractivity contribution in [1.82, 2.24) is 13.3 Å². The van der Waals surface area contributed by atoms with Crippen molar-refractivity contribution in [2.45, 2.75) is 77.4 Å². The number of rotatable bonds is 5. The van der Waals surface area contributed by atoms with Crippen LogP contribution in [0, 0.1) is 5.92 Å². The molecule has 1 aliphatic rings. The summed E-state index contributed by atoms with van der Waals surface area (Å²) in [5.41, 5.74) is 1.72. The molecule has 144 valence electrons. The van der Waals surface area contributed by atoms with Gasteiger partial charge in [0.15, 0.2) is 0 Å². The highest BCUT2D eigenvalue weighted by molar-refractivity contribution is 7.87. The fourth-order valence-electron chi connectivity index (χ4n) is 3.30. The van der Waals surface area contributed by atoms with Gasteiger partial charge in [0.2, 0.25) is 0 Å². The summed E-state index contributed by atoms with van der Waals surface area (Å²) in [6, 6.07) is 0. The summed E-state index contributed by atoms with van der Waals surface area (Å²) in [4.78, 5) is 4.91. The highest BCUT2D eigenvalue weighted by Gasteiger charge is 2.43. The molecule has 0 amide bonds. The first-order valence-electron chi connectivity index (χ1n) is 9.39. The predicted octanol–water partition coefficient (Wildman–Crippen LogP) is 3.38. The molecule has 0 aliphatic heterocycles. The van der Waals surface area contributed by atoms with Crippen LogP contribution in [0.2, 0.25) is 18.1 Å². The molecule has 0 unspecified atom stereocenters. The van der Waals surface area contributed by atoms with Crippen molar-refractivity contribution in [1.29, 1.82) is 0 Å². The monoisotopic (exact) mass is 385 g/mol. The van der Waals surface area contributed by atoms with E-state index in [1.807, 2.05) is 0 Å². The van der Waals surface area contributed by atoms with Gasteiger partial charge in [-0.25, -0.2) is 8.96 Å². The second kappa shape index (κ2) is 7.16. The Labute approximate surface area is 155 Å². The molecule has 2 rings (SSSR count). The third-order valence-corrected chi connectivity index (χ3v) is 13.2. The first-order chi connectivity index (χ1) is 11.4. The highest BCUT2D eigenvalue weighted by atomic mass is 32.2. The normalized spacial score (nSPS) is 18.1. The molecule has 5 nitrogen and oxygen atoms in total. The molecule has 1 aliphatic carbocycles. The Balaban J connectivity index is 2.49. The molecule has 25 heavy (non-hydrogen) atoms. The minimum absolute atomic E-state index is 0.0278. The molecule has 0 N–H and O–H groups in total. The summed E-state index contributed by atoms with van der Waals surface area (Å²) >= 11 is 0. The van der Waals surface area contributed by atoms with E-state index >= 15 is 0 Å². The second-order valence-electron chi connectivity index (χ2n) is 9.22. The van der Waals surface area contributed by atoms with Gasteiger partial charge in [-0.05, 0) is 17.4 Å². The predicted molar refractivity (Wildman–Crippen MR) is 107 cm³/mol. The van der Waals surface area contributed by atoms with Gasteiger partial charge >= 0.3 is 10.2 Å². The zero-order valence-corrected chi connectivity index (χ0v) is 18.8. The molecular formula is C18H35N3O2SSi. The fraction of sp³-hybridized carbons (Fsp3) is 0.833. The lowest BCUT2D eigenvalue weighted by Crippen LogP contribution is -2.56. The van der Waals surface area contributed by atoms with E-state index in [2.05, 4.69) is 33.9 Å². The zero-order chi connectivity index (χ0) is 19.0. The van der Waals surface area contributed by atoms with Gasteiger partial charge in [-0.2, -0.15) is 12.7 Å². The van der Waals surface area contributed by atoms with Crippen LogP contribution in [-0.4, -0.2) is 43.8 Å². The van der Waals surface area contributed by atoms with Crippen LogP contribution in [0.25, 0.3) is 0 Å². The molecule has 0 bridgehead atoms. The van der Waals surface area contributed by atoms with Crippen LogP contribution in [0.15, 0.2) is 6.20 Å². The summed E-state index contributed by atoms with van der Waals surface area (Å²) in [5, 5.41) is 0.0278. The summed E-state index contributed by atoms with van der Waals surface area (Å²) < 4.78 is 28.6. The van der Waals surface area contributed by atoms with E-state index in [0.29, 0.717) is 5.92 Å². The lowest BCUT2D eigenvalue weighted by atomic mass is 9.86.